The van der Waals surface area contributed by atoms with Gasteiger partial charge >= 0.3 is 11.9 Å². The Bertz CT molecular complexity index is 678. The molecule has 1 spiro atoms. The molecule has 1 unspecified atom stereocenters. The third-order valence-electron chi connectivity index (χ3n) is 7.38. The van der Waals surface area contributed by atoms with Crippen molar-refractivity contribution in [2.24, 2.45) is 22.7 Å². The van der Waals surface area contributed by atoms with Gasteiger partial charge in [0.25, 0.3) is 0 Å². The average Bonchev–Trinajstić information content (AvgIpc) is 3.16. The van der Waals surface area contributed by atoms with Crippen LogP contribution in [0.4, 0.5) is 0 Å². The molecule has 5 heteroatoms. The Labute approximate surface area is 148 Å². The van der Waals surface area contributed by atoms with Crippen LogP contribution in [0.5, 0.6) is 0 Å². The molecule has 1 N–H and O–H groups in total. The molecule has 4 aliphatic rings. The molecule has 0 radical (unpaired) electrons. The Hall–Kier alpha value is -1.62. The van der Waals surface area contributed by atoms with E-state index in [9.17, 15) is 14.7 Å². The first kappa shape index (κ1) is 16.8. The van der Waals surface area contributed by atoms with Crippen LogP contribution in [0.3, 0.4) is 0 Å². The second-order valence-electron chi connectivity index (χ2n) is 8.47. The fourth-order valence-electron chi connectivity index (χ4n) is 5.76. The van der Waals surface area contributed by atoms with Gasteiger partial charge in [-0.25, -0.2) is 9.59 Å². The first-order chi connectivity index (χ1) is 11.9. The van der Waals surface area contributed by atoms with Crippen LogP contribution in [-0.2, 0) is 19.1 Å². The summed E-state index contributed by atoms with van der Waals surface area (Å²) in [6, 6.07) is 0. The molecule has 0 aromatic carbocycles. The van der Waals surface area contributed by atoms with E-state index >= 15 is 0 Å². The summed E-state index contributed by atoms with van der Waals surface area (Å²) in [5.74, 6) is 0.222. The van der Waals surface area contributed by atoms with Gasteiger partial charge in [-0.1, -0.05) is 19.9 Å². The van der Waals surface area contributed by atoms with Crippen LogP contribution in [0, 0.1) is 22.7 Å². The van der Waals surface area contributed by atoms with Crippen LogP contribution in [0.1, 0.15) is 46.0 Å². The molecule has 25 heavy (non-hydrogen) atoms. The molecule has 1 saturated carbocycles. The average molecular weight is 346 g/mol. The normalized spacial score (nSPS) is 41.2. The van der Waals surface area contributed by atoms with Crippen molar-refractivity contribution in [1.82, 2.24) is 0 Å². The fourth-order valence-corrected chi connectivity index (χ4v) is 5.76. The minimum Gasteiger partial charge on any atom is -0.461 e. The van der Waals surface area contributed by atoms with Gasteiger partial charge in [0.1, 0.15) is 13.2 Å². The van der Waals surface area contributed by atoms with Gasteiger partial charge in [0.05, 0.1) is 6.10 Å². The maximum absolute atomic E-state index is 12.2. The largest absolute Gasteiger partial charge is 0.461 e. The first-order valence-electron chi connectivity index (χ1n) is 9.30. The van der Waals surface area contributed by atoms with Crippen molar-refractivity contribution < 1.29 is 24.2 Å². The van der Waals surface area contributed by atoms with E-state index in [0.29, 0.717) is 30.4 Å². The van der Waals surface area contributed by atoms with Crippen LogP contribution in [0.25, 0.3) is 0 Å². The number of hydrogen-bond donors (Lipinski definition) is 1. The maximum atomic E-state index is 12.2. The van der Waals surface area contributed by atoms with Crippen LogP contribution in [-0.4, -0.2) is 36.4 Å². The van der Waals surface area contributed by atoms with Gasteiger partial charge in [-0.05, 0) is 49.4 Å². The zero-order valence-electron chi connectivity index (χ0n) is 14.9. The van der Waals surface area contributed by atoms with Crippen LogP contribution >= 0.6 is 0 Å². The van der Waals surface area contributed by atoms with Crippen molar-refractivity contribution in [2.45, 2.75) is 52.1 Å². The molecule has 136 valence electrons. The van der Waals surface area contributed by atoms with E-state index in [1.807, 2.05) is 0 Å². The summed E-state index contributed by atoms with van der Waals surface area (Å²) in [4.78, 5) is 23.6. The predicted octanol–water partition coefficient (Wildman–Crippen LogP) is 2.54. The topological polar surface area (TPSA) is 72.8 Å². The van der Waals surface area contributed by atoms with E-state index in [0.717, 1.165) is 31.3 Å². The summed E-state index contributed by atoms with van der Waals surface area (Å²) in [6.45, 7) is 5.16. The third kappa shape index (κ3) is 2.39. The minimum atomic E-state index is -0.679. The minimum absolute atomic E-state index is 0.113. The summed E-state index contributed by atoms with van der Waals surface area (Å²) in [5, 5.41) is 10.8. The molecule has 1 saturated heterocycles. The summed E-state index contributed by atoms with van der Waals surface area (Å²) in [7, 11) is 0. The van der Waals surface area contributed by atoms with Gasteiger partial charge < -0.3 is 14.6 Å². The van der Waals surface area contributed by atoms with E-state index in [2.05, 4.69) is 19.9 Å². The van der Waals surface area contributed by atoms with Crippen molar-refractivity contribution in [1.29, 1.82) is 0 Å². The van der Waals surface area contributed by atoms with Gasteiger partial charge in [-0.15, -0.1) is 0 Å². The summed E-state index contributed by atoms with van der Waals surface area (Å²) in [5.41, 5.74) is 1.24. The fraction of sp³-hybridized carbons (Fsp3) is 0.700. The van der Waals surface area contributed by atoms with Crippen LogP contribution in [0.2, 0.25) is 0 Å². The van der Waals surface area contributed by atoms with Gasteiger partial charge in [-0.2, -0.15) is 0 Å². The molecular formula is C20H26O5. The summed E-state index contributed by atoms with van der Waals surface area (Å²) < 4.78 is 10.4. The van der Waals surface area contributed by atoms with E-state index in [4.69, 9.17) is 9.47 Å². The van der Waals surface area contributed by atoms with Crippen LogP contribution in [0.15, 0.2) is 23.3 Å². The maximum Gasteiger partial charge on any atom is 0.334 e. The number of rotatable bonds is 3. The molecule has 0 bridgehead atoms. The van der Waals surface area contributed by atoms with Gasteiger partial charge in [0, 0.05) is 22.6 Å². The lowest BCUT2D eigenvalue weighted by atomic mass is 9.46. The molecule has 2 heterocycles. The van der Waals surface area contributed by atoms with Gasteiger partial charge in [0.2, 0.25) is 0 Å². The molecule has 0 amide bonds. The number of allylic oxidation sites excluding steroid dienone is 1. The van der Waals surface area contributed by atoms with Crippen LogP contribution < -0.4 is 0 Å². The highest BCUT2D eigenvalue weighted by molar-refractivity contribution is 5.92. The smallest absolute Gasteiger partial charge is 0.334 e. The molecule has 0 aromatic rings. The Kier molecular flexibility index (Phi) is 3.83. The lowest BCUT2D eigenvalue weighted by Gasteiger charge is -2.57. The number of esters is 2. The number of carbonyl (C=O) groups excluding carboxylic acids is 2. The number of carbonyl (C=O) groups is 2. The number of aliphatic hydroxyl groups excluding tert-OH is 1. The van der Waals surface area contributed by atoms with Crippen molar-refractivity contribution in [2.75, 3.05) is 13.2 Å². The summed E-state index contributed by atoms with van der Waals surface area (Å²) >= 11 is 0. The molecule has 2 fully saturated rings. The first-order valence-corrected chi connectivity index (χ1v) is 9.30. The number of hydrogen-bond acceptors (Lipinski definition) is 5. The number of cyclic esters (lactones) is 2. The van der Waals surface area contributed by atoms with Gasteiger partial charge in [-0.3, -0.25) is 0 Å². The highest BCUT2D eigenvalue weighted by atomic mass is 16.5. The van der Waals surface area contributed by atoms with E-state index < -0.39 is 6.10 Å². The SMILES string of the molecule is C[C@@H]1CC[C@]23COC(=O)C2=CCCC3[C@@]1(C)C[C@@H](O)C1=CC(=O)OC1. The Balaban J connectivity index is 1.65. The molecular weight excluding hydrogens is 320 g/mol. The Morgan fingerprint density at radius 3 is 2.84 bits per heavy atom. The molecule has 4 rings (SSSR count). The molecule has 5 atom stereocenters. The zero-order chi connectivity index (χ0) is 17.8. The molecule has 2 aliphatic heterocycles. The second kappa shape index (κ2) is 5.70. The third-order valence-corrected chi connectivity index (χ3v) is 7.38. The lowest BCUT2D eigenvalue weighted by Crippen LogP contribution is -2.52. The van der Waals surface area contributed by atoms with E-state index in [1.165, 1.54) is 6.08 Å². The van der Waals surface area contributed by atoms with E-state index in [-0.39, 0.29) is 29.4 Å². The zero-order valence-corrected chi connectivity index (χ0v) is 14.9. The quantitative estimate of drug-likeness (QED) is 0.795. The standard InChI is InChI=1S/C20H26O5/c1-12-6-7-20-11-25-18(23)14(20)4-3-5-16(20)19(12,2)9-15(21)13-8-17(22)24-10-13/h4,8,12,15-16,21H,3,5-7,9-11H2,1-2H3/t12-,15-,16?,19+,20+/m1/s1. The Morgan fingerprint density at radius 1 is 1.32 bits per heavy atom. The van der Waals surface area contributed by atoms with Crippen molar-refractivity contribution in [3.05, 3.63) is 23.3 Å². The lowest BCUT2D eigenvalue weighted by molar-refractivity contribution is -0.136. The molecule has 2 aliphatic carbocycles. The van der Waals surface area contributed by atoms with Crippen molar-refractivity contribution in [3.8, 4) is 0 Å². The summed E-state index contributed by atoms with van der Waals surface area (Å²) in [6.07, 6.45) is 7.30. The van der Waals surface area contributed by atoms with Crippen molar-refractivity contribution in [3.63, 3.8) is 0 Å². The van der Waals surface area contributed by atoms with Gasteiger partial charge in [0.15, 0.2) is 0 Å². The monoisotopic (exact) mass is 346 g/mol. The number of aliphatic hydroxyl groups is 1. The molecule has 5 nitrogen and oxygen atoms in total. The predicted molar refractivity (Wildman–Crippen MR) is 90.4 cm³/mol. The second-order valence-corrected chi connectivity index (χ2v) is 8.47. The highest BCUT2D eigenvalue weighted by Gasteiger charge is 2.61. The van der Waals surface area contributed by atoms with Crippen molar-refractivity contribution >= 4 is 11.9 Å². The van der Waals surface area contributed by atoms with E-state index in [1.54, 1.807) is 0 Å². The molecule has 0 aromatic heterocycles. The number of ether oxygens (including phenoxy) is 2. The highest BCUT2D eigenvalue weighted by Crippen LogP contribution is 2.63. The Morgan fingerprint density at radius 2 is 2.12 bits per heavy atom.